The molecule has 0 saturated carbocycles. The maximum absolute atomic E-state index is 12.2. The molecule has 0 fully saturated rings. The standard InChI is InChI=1S/C20H26N2O5S/c1-4-27-19-8-5-7-16(15-19)21-20(23)9-6-14-22(28(3,24)25)17-10-12-18(26-2)13-11-17/h5,7-8,10-13,15H,4,6,9,14H2,1-3H3,(H,21,23). The maximum Gasteiger partial charge on any atom is 0.232 e. The van der Waals surface area contributed by atoms with Crippen LogP contribution in [0.4, 0.5) is 11.4 Å². The van der Waals surface area contributed by atoms with Crippen LogP contribution in [-0.2, 0) is 14.8 Å². The topological polar surface area (TPSA) is 84.9 Å². The van der Waals surface area contributed by atoms with Crippen molar-refractivity contribution in [3.63, 3.8) is 0 Å². The van der Waals surface area contributed by atoms with Gasteiger partial charge in [0.2, 0.25) is 15.9 Å². The number of amides is 1. The van der Waals surface area contributed by atoms with Crippen molar-refractivity contribution in [3.05, 3.63) is 48.5 Å². The van der Waals surface area contributed by atoms with E-state index in [9.17, 15) is 13.2 Å². The first kappa shape index (κ1) is 21.6. The molecule has 2 aromatic rings. The highest BCUT2D eigenvalue weighted by atomic mass is 32.2. The molecule has 0 unspecified atom stereocenters. The number of methoxy groups -OCH3 is 1. The number of sulfonamides is 1. The second-order valence-electron chi connectivity index (χ2n) is 6.15. The number of carbonyl (C=O) groups excluding carboxylic acids is 1. The van der Waals surface area contributed by atoms with E-state index in [0.29, 0.717) is 35.9 Å². The Balaban J connectivity index is 1.94. The molecule has 2 rings (SSSR count). The molecule has 7 nitrogen and oxygen atoms in total. The van der Waals surface area contributed by atoms with Gasteiger partial charge in [-0.1, -0.05) is 6.07 Å². The van der Waals surface area contributed by atoms with Crippen molar-refractivity contribution in [2.75, 3.05) is 36.1 Å². The summed E-state index contributed by atoms with van der Waals surface area (Å²) >= 11 is 0. The molecule has 8 heteroatoms. The minimum atomic E-state index is -3.46. The van der Waals surface area contributed by atoms with Gasteiger partial charge < -0.3 is 14.8 Å². The Morgan fingerprint density at radius 1 is 1.11 bits per heavy atom. The van der Waals surface area contributed by atoms with Crippen LogP contribution >= 0.6 is 0 Å². The maximum atomic E-state index is 12.2. The lowest BCUT2D eigenvalue weighted by atomic mass is 10.2. The molecular formula is C20H26N2O5S. The first-order chi connectivity index (χ1) is 13.3. The van der Waals surface area contributed by atoms with Crippen LogP contribution in [0.15, 0.2) is 48.5 Å². The van der Waals surface area contributed by atoms with Gasteiger partial charge in [0.15, 0.2) is 0 Å². The number of rotatable bonds is 10. The van der Waals surface area contributed by atoms with Crippen LogP contribution in [-0.4, -0.2) is 40.8 Å². The molecule has 0 bridgehead atoms. The van der Waals surface area contributed by atoms with Crippen LogP contribution in [0, 0.1) is 0 Å². The lowest BCUT2D eigenvalue weighted by molar-refractivity contribution is -0.116. The van der Waals surface area contributed by atoms with E-state index in [2.05, 4.69) is 5.32 Å². The van der Waals surface area contributed by atoms with E-state index >= 15 is 0 Å². The van der Waals surface area contributed by atoms with Gasteiger partial charge in [-0.05, 0) is 49.7 Å². The third-order valence-corrected chi connectivity index (χ3v) is 5.15. The number of carbonyl (C=O) groups is 1. The van der Waals surface area contributed by atoms with Gasteiger partial charge in [-0.25, -0.2) is 8.42 Å². The van der Waals surface area contributed by atoms with Crippen LogP contribution < -0.4 is 19.1 Å². The predicted octanol–water partition coefficient (Wildman–Crippen LogP) is 3.28. The van der Waals surface area contributed by atoms with Gasteiger partial charge in [0.25, 0.3) is 0 Å². The summed E-state index contributed by atoms with van der Waals surface area (Å²) in [5, 5.41) is 2.80. The van der Waals surface area contributed by atoms with Crippen molar-refractivity contribution in [2.24, 2.45) is 0 Å². The molecule has 1 amide bonds. The molecule has 28 heavy (non-hydrogen) atoms. The summed E-state index contributed by atoms with van der Waals surface area (Å²) in [5.41, 5.74) is 1.18. The zero-order valence-corrected chi connectivity index (χ0v) is 17.2. The Kier molecular flexibility index (Phi) is 7.69. The number of hydrogen-bond acceptors (Lipinski definition) is 5. The van der Waals surface area contributed by atoms with Crippen molar-refractivity contribution >= 4 is 27.3 Å². The molecule has 0 aliphatic carbocycles. The van der Waals surface area contributed by atoms with E-state index in [0.717, 1.165) is 6.26 Å². The quantitative estimate of drug-likeness (QED) is 0.655. The van der Waals surface area contributed by atoms with Crippen LogP contribution in [0.1, 0.15) is 19.8 Å². The molecule has 1 N–H and O–H groups in total. The Hall–Kier alpha value is -2.74. The van der Waals surface area contributed by atoms with Crippen molar-refractivity contribution in [3.8, 4) is 11.5 Å². The van der Waals surface area contributed by atoms with Gasteiger partial charge in [0.05, 0.1) is 25.7 Å². The summed E-state index contributed by atoms with van der Waals surface area (Å²) in [6.45, 7) is 2.64. The van der Waals surface area contributed by atoms with E-state index in [4.69, 9.17) is 9.47 Å². The predicted molar refractivity (Wildman–Crippen MR) is 111 cm³/mol. The summed E-state index contributed by atoms with van der Waals surface area (Å²) < 4.78 is 36.1. The molecule has 0 heterocycles. The normalized spacial score (nSPS) is 11.0. The van der Waals surface area contributed by atoms with Crippen molar-refractivity contribution < 1.29 is 22.7 Å². The van der Waals surface area contributed by atoms with Crippen LogP contribution in [0.3, 0.4) is 0 Å². The fourth-order valence-electron chi connectivity index (χ4n) is 2.67. The number of nitrogens with zero attached hydrogens (tertiary/aromatic N) is 1. The highest BCUT2D eigenvalue weighted by molar-refractivity contribution is 7.92. The van der Waals surface area contributed by atoms with Crippen LogP contribution in [0.5, 0.6) is 11.5 Å². The smallest absolute Gasteiger partial charge is 0.232 e. The molecule has 0 radical (unpaired) electrons. The van der Waals surface area contributed by atoms with Gasteiger partial charge in [0, 0.05) is 24.7 Å². The molecular weight excluding hydrogens is 380 g/mol. The highest BCUT2D eigenvalue weighted by Gasteiger charge is 2.17. The van der Waals surface area contributed by atoms with Gasteiger partial charge in [-0.2, -0.15) is 0 Å². The summed E-state index contributed by atoms with van der Waals surface area (Å²) in [6, 6.07) is 13.9. The second-order valence-corrected chi connectivity index (χ2v) is 8.05. The van der Waals surface area contributed by atoms with Crippen molar-refractivity contribution in [1.29, 1.82) is 0 Å². The summed E-state index contributed by atoms with van der Waals surface area (Å²) in [6.07, 6.45) is 1.73. The lowest BCUT2D eigenvalue weighted by Crippen LogP contribution is -2.31. The minimum Gasteiger partial charge on any atom is -0.497 e. The number of hydrogen-bond donors (Lipinski definition) is 1. The molecule has 0 aliphatic rings. The summed E-state index contributed by atoms with van der Waals surface area (Å²) in [5.74, 6) is 1.14. The molecule has 152 valence electrons. The monoisotopic (exact) mass is 406 g/mol. The Morgan fingerprint density at radius 2 is 1.82 bits per heavy atom. The number of ether oxygens (including phenoxy) is 2. The molecule has 0 spiro atoms. The Labute approximate surface area is 166 Å². The van der Waals surface area contributed by atoms with Crippen LogP contribution in [0.25, 0.3) is 0 Å². The molecule has 0 aliphatic heterocycles. The molecule has 0 saturated heterocycles. The Morgan fingerprint density at radius 3 is 2.43 bits per heavy atom. The molecule has 0 atom stereocenters. The van der Waals surface area contributed by atoms with Gasteiger partial charge in [0.1, 0.15) is 11.5 Å². The van der Waals surface area contributed by atoms with Crippen molar-refractivity contribution in [2.45, 2.75) is 19.8 Å². The lowest BCUT2D eigenvalue weighted by Gasteiger charge is -2.22. The number of nitrogens with one attached hydrogen (secondary N) is 1. The highest BCUT2D eigenvalue weighted by Crippen LogP contribution is 2.22. The summed E-state index contributed by atoms with van der Waals surface area (Å²) in [4.78, 5) is 12.2. The zero-order chi connectivity index (χ0) is 20.6. The second kappa shape index (κ2) is 9.98. The number of benzene rings is 2. The average Bonchev–Trinajstić information content (AvgIpc) is 2.65. The summed E-state index contributed by atoms with van der Waals surface area (Å²) in [7, 11) is -1.91. The van der Waals surface area contributed by atoms with E-state index in [1.54, 1.807) is 49.6 Å². The molecule has 0 aromatic heterocycles. The SMILES string of the molecule is CCOc1cccc(NC(=O)CCCN(c2ccc(OC)cc2)S(C)(=O)=O)c1. The van der Waals surface area contributed by atoms with Gasteiger partial charge >= 0.3 is 0 Å². The zero-order valence-electron chi connectivity index (χ0n) is 16.3. The first-order valence-corrected chi connectivity index (χ1v) is 10.8. The number of anilines is 2. The largest absolute Gasteiger partial charge is 0.497 e. The minimum absolute atomic E-state index is 0.183. The molecule has 2 aromatic carbocycles. The fourth-order valence-corrected chi connectivity index (χ4v) is 3.64. The fraction of sp³-hybridized carbons (Fsp3) is 0.350. The van der Waals surface area contributed by atoms with E-state index < -0.39 is 10.0 Å². The van der Waals surface area contributed by atoms with E-state index in [1.165, 1.54) is 4.31 Å². The third-order valence-electron chi connectivity index (χ3n) is 3.95. The Bertz CT molecular complexity index is 882. The third kappa shape index (κ3) is 6.45. The first-order valence-electron chi connectivity index (χ1n) is 8.98. The van der Waals surface area contributed by atoms with Gasteiger partial charge in [-0.15, -0.1) is 0 Å². The van der Waals surface area contributed by atoms with Crippen LogP contribution in [0.2, 0.25) is 0 Å². The van der Waals surface area contributed by atoms with Crippen molar-refractivity contribution in [1.82, 2.24) is 0 Å². The average molecular weight is 407 g/mol. The van der Waals surface area contributed by atoms with Gasteiger partial charge in [-0.3, -0.25) is 9.10 Å². The van der Waals surface area contributed by atoms with E-state index in [1.807, 2.05) is 13.0 Å². The van der Waals surface area contributed by atoms with E-state index in [-0.39, 0.29) is 18.9 Å².